The van der Waals surface area contributed by atoms with Gasteiger partial charge in [-0.1, -0.05) is 44.0 Å². The molecule has 3 nitrogen and oxygen atoms in total. The van der Waals surface area contributed by atoms with Gasteiger partial charge in [0.1, 0.15) is 0 Å². The summed E-state index contributed by atoms with van der Waals surface area (Å²) in [5.74, 6) is -0.179. The first kappa shape index (κ1) is 16.2. The molecule has 0 saturated carbocycles. The predicted octanol–water partition coefficient (Wildman–Crippen LogP) is 4.83. The number of nitrogens with one attached hydrogen (secondary N) is 1. The van der Waals surface area contributed by atoms with E-state index in [0.29, 0.717) is 11.3 Å². The number of aliphatic hydroxyl groups is 1. The number of hydrogen-bond donors (Lipinski definition) is 2. The van der Waals surface area contributed by atoms with Crippen LogP contribution in [0.5, 0.6) is 0 Å². The molecule has 0 aromatic heterocycles. The third kappa shape index (κ3) is 3.93. The van der Waals surface area contributed by atoms with Crippen LogP contribution in [0, 0.1) is 6.92 Å². The first-order valence-corrected chi connectivity index (χ1v) is 8.02. The highest BCUT2D eigenvalue weighted by molar-refractivity contribution is 9.11. The van der Waals surface area contributed by atoms with Gasteiger partial charge >= 0.3 is 0 Å². The molecule has 0 saturated heterocycles. The van der Waals surface area contributed by atoms with Crippen LogP contribution in [0.4, 0.5) is 5.69 Å². The summed E-state index contributed by atoms with van der Waals surface area (Å²) >= 11 is 6.88. The fourth-order valence-electron chi connectivity index (χ4n) is 1.82. The lowest BCUT2D eigenvalue weighted by atomic mass is 10.1. The molecule has 2 aromatic carbocycles. The number of halogens is 2. The average molecular weight is 413 g/mol. The molecule has 0 aliphatic heterocycles. The Kier molecular flexibility index (Phi) is 5.19. The zero-order chi connectivity index (χ0) is 15.6. The van der Waals surface area contributed by atoms with E-state index in [1.807, 2.05) is 6.92 Å². The van der Waals surface area contributed by atoms with Crippen molar-refractivity contribution >= 4 is 43.5 Å². The van der Waals surface area contributed by atoms with E-state index in [1.165, 1.54) is 0 Å². The third-order valence-corrected chi connectivity index (χ3v) is 4.84. The number of aliphatic hydroxyl groups excluding tert-OH is 1. The second kappa shape index (κ2) is 6.73. The minimum Gasteiger partial charge on any atom is -0.389 e. The van der Waals surface area contributed by atoms with Crippen LogP contribution in [0.15, 0.2) is 45.3 Å². The number of hydrogen-bond acceptors (Lipinski definition) is 2. The highest BCUT2D eigenvalue weighted by Gasteiger charge is 2.11. The van der Waals surface area contributed by atoms with E-state index in [0.717, 1.165) is 20.1 Å². The smallest absolute Gasteiger partial charge is 0.255 e. The molecular formula is C16H15Br2NO2. The second-order valence-electron chi connectivity index (χ2n) is 4.82. The van der Waals surface area contributed by atoms with E-state index in [1.54, 1.807) is 43.3 Å². The summed E-state index contributed by atoms with van der Waals surface area (Å²) in [7, 11) is 0. The summed E-state index contributed by atoms with van der Waals surface area (Å²) in [4.78, 5) is 12.2. The maximum Gasteiger partial charge on any atom is 0.255 e. The molecule has 0 radical (unpaired) electrons. The summed E-state index contributed by atoms with van der Waals surface area (Å²) in [6.07, 6.45) is -0.515. The third-order valence-electron chi connectivity index (χ3n) is 3.19. The number of amides is 1. The lowest BCUT2D eigenvalue weighted by molar-refractivity contribution is 0.102. The predicted molar refractivity (Wildman–Crippen MR) is 91.6 cm³/mol. The lowest BCUT2D eigenvalue weighted by Crippen LogP contribution is -2.12. The Morgan fingerprint density at radius 2 is 1.67 bits per heavy atom. The van der Waals surface area contributed by atoms with Crippen molar-refractivity contribution in [3.05, 3.63) is 62.0 Å². The van der Waals surface area contributed by atoms with Crippen molar-refractivity contribution < 1.29 is 9.90 Å². The van der Waals surface area contributed by atoms with Crippen LogP contribution in [0.1, 0.15) is 34.5 Å². The van der Waals surface area contributed by atoms with Crippen molar-refractivity contribution in [2.45, 2.75) is 20.0 Å². The fourth-order valence-corrected chi connectivity index (χ4v) is 3.01. The van der Waals surface area contributed by atoms with Gasteiger partial charge in [0, 0.05) is 20.2 Å². The molecule has 1 atom stereocenters. The van der Waals surface area contributed by atoms with Gasteiger partial charge in [0.05, 0.1) is 6.10 Å². The quantitative estimate of drug-likeness (QED) is 0.758. The van der Waals surface area contributed by atoms with Crippen LogP contribution >= 0.6 is 31.9 Å². The summed E-state index contributed by atoms with van der Waals surface area (Å²) in [6, 6.07) is 10.7. The highest BCUT2D eigenvalue weighted by Crippen LogP contribution is 2.27. The van der Waals surface area contributed by atoms with Gasteiger partial charge in [-0.05, 0) is 49.2 Å². The normalized spacial score (nSPS) is 12.0. The van der Waals surface area contributed by atoms with Crippen LogP contribution in [0.2, 0.25) is 0 Å². The molecule has 0 fully saturated rings. The molecule has 1 unspecified atom stereocenters. The summed E-state index contributed by atoms with van der Waals surface area (Å²) < 4.78 is 1.76. The standard InChI is InChI=1S/C16H15Br2NO2/c1-9-14(17)7-12(8-15(9)18)16(21)19-13-5-3-11(4-6-13)10(2)20/h3-8,10,20H,1-2H3,(H,19,21). The van der Waals surface area contributed by atoms with E-state index in [4.69, 9.17) is 0 Å². The van der Waals surface area contributed by atoms with Crippen molar-refractivity contribution in [1.82, 2.24) is 0 Å². The van der Waals surface area contributed by atoms with Crippen LogP contribution in [0.25, 0.3) is 0 Å². The molecular weight excluding hydrogens is 398 g/mol. The van der Waals surface area contributed by atoms with Crippen molar-refractivity contribution in [2.75, 3.05) is 5.32 Å². The first-order valence-electron chi connectivity index (χ1n) is 6.43. The molecule has 21 heavy (non-hydrogen) atoms. The maximum absolute atomic E-state index is 12.2. The monoisotopic (exact) mass is 411 g/mol. The number of anilines is 1. The largest absolute Gasteiger partial charge is 0.389 e. The van der Waals surface area contributed by atoms with Gasteiger partial charge in [-0.3, -0.25) is 4.79 Å². The summed E-state index contributed by atoms with van der Waals surface area (Å²) in [5.41, 5.74) is 3.12. The summed E-state index contributed by atoms with van der Waals surface area (Å²) in [6.45, 7) is 3.67. The second-order valence-corrected chi connectivity index (χ2v) is 6.53. The van der Waals surface area contributed by atoms with Gasteiger partial charge in [-0.2, -0.15) is 0 Å². The number of carbonyl (C=O) groups excluding carboxylic acids is 1. The van der Waals surface area contributed by atoms with E-state index in [9.17, 15) is 9.90 Å². The highest BCUT2D eigenvalue weighted by atomic mass is 79.9. The molecule has 110 valence electrons. The molecule has 2 N–H and O–H groups in total. The van der Waals surface area contributed by atoms with Gasteiger partial charge < -0.3 is 10.4 Å². The zero-order valence-electron chi connectivity index (χ0n) is 11.7. The van der Waals surface area contributed by atoms with Crippen LogP contribution in [0.3, 0.4) is 0 Å². The number of benzene rings is 2. The fraction of sp³-hybridized carbons (Fsp3) is 0.188. The van der Waals surface area contributed by atoms with Gasteiger partial charge in [-0.15, -0.1) is 0 Å². The van der Waals surface area contributed by atoms with Crippen molar-refractivity contribution in [3.63, 3.8) is 0 Å². The molecule has 0 aliphatic rings. The molecule has 0 heterocycles. The van der Waals surface area contributed by atoms with Gasteiger partial charge in [0.15, 0.2) is 0 Å². The Morgan fingerprint density at radius 1 is 1.14 bits per heavy atom. The minimum atomic E-state index is -0.515. The van der Waals surface area contributed by atoms with Gasteiger partial charge in [0.2, 0.25) is 0 Å². The molecule has 5 heteroatoms. The van der Waals surface area contributed by atoms with Gasteiger partial charge in [0.25, 0.3) is 5.91 Å². The van der Waals surface area contributed by atoms with Crippen molar-refractivity contribution in [3.8, 4) is 0 Å². The molecule has 1 amide bonds. The van der Waals surface area contributed by atoms with Crippen LogP contribution in [-0.2, 0) is 0 Å². The molecule has 2 rings (SSSR count). The summed E-state index contributed by atoms with van der Waals surface area (Å²) in [5, 5.41) is 12.3. The van der Waals surface area contributed by atoms with Crippen molar-refractivity contribution in [2.24, 2.45) is 0 Å². The topological polar surface area (TPSA) is 49.3 Å². The first-order chi connectivity index (χ1) is 9.88. The van der Waals surface area contributed by atoms with E-state index >= 15 is 0 Å². The van der Waals surface area contributed by atoms with E-state index < -0.39 is 6.10 Å². The van der Waals surface area contributed by atoms with Crippen LogP contribution < -0.4 is 5.32 Å². The Bertz CT molecular complexity index is 643. The SMILES string of the molecule is Cc1c(Br)cc(C(=O)Nc2ccc(C(C)O)cc2)cc1Br. The molecule has 0 bridgehead atoms. The number of rotatable bonds is 3. The Morgan fingerprint density at radius 3 is 2.14 bits per heavy atom. The van der Waals surface area contributed by atoms with Crippen LogP contribution in [-0.4, -0.2) is 11.0 Å². The Balaban J connectivity index is 2.18. The zero-order valence-corrected chi connectivity index (χ0v) is 14.8. The average Bonchev–Trinajstić information content (AvgIpc) is 2.44. The van der Waals surface area contributed by atoms with Crippen molar-refractivity contribution in [1.29, 1.82) is 0 Å². The lowest BCUT2D eigenvalue weighted by Gasteiger charge is -2.10. The molecule has 0 aliphatic carbocycles. The van der Waals surface area contributed by atoms with E-state index in [-0.39, 0.29) is 5.91 Å². The van der Waals surface area contributed by atoms with Gasteiger partial charge in [-0.25, -0.2) is 0 Å². The number of carbonyl (C=O) groups is 1. The Labute approximate surface area is 140 Å². The Hall–Kier alpha value is -1.17. The van der Waals surface area contributed by atoms with E-state index in [2.05, 4.69) is 37.2 Å². The minimum absolute atomic E-state index is 0.179. The maximum atomic E-state index is 12.2. The molecule has 2 aromatic rings. The molecule has 0 spiro atoms.